The molecule has 22 heavy (non-hydrogen) atoms. The number of thiazole rings is 1. The molecule has 0 unspecified atom stereocenters. The molecule has 0 radical (unpaired) electrons. The molecule has 0 fully saturated rings. The number of amides is 1. The Labute approximate surface area is 136 Å². The van der Waals surface area contributed by atoms with E-state index in [1.54, 1.807) is 36.5 Å². The normalized spacial score (nSPS) is 12.3. The van der Waals surface area contributed by atoms with E-state index < -0.39 is 6.04 Å². The lowest BCUT2D eigenvalue weighted by Gasteiger charge is -2.11. The van der Waals surface area contributed by atoms with Gasteiger partial charge in [0.05, 0.1) is 21.9 Å². The number of aromatic nitrogens is 1. The van der Waals surface area contributed by atoms with Gasteiger partial charge in [-0.3, -0.25) is 4.79 Å². The molecule has 6 heteroatoms. The van der Waals surface area contributed by atoms with Crippen LogP contribution < -0.4 is 11.1 Å². The summed E-state index contributed by atoms with van der Waals surface area (Å²) in [7, 11) is 0. The van der Waals surface area contributed by atoms with Crippen molar-refractivity contribution < 1.29 is 4.79 Å². The van der Waals surface area contributed by atoms with Crippen LogP contribution >= 0.6 is 22.9 Å². The Kier molecular flexibility index (Phi) is 4.11. The largest absolute Gasteiger partial charge is 0.324 e. The first kappa shape index (κ1) is 15.0. The SMILES string of the molecule is C[C@H](N)C(=O)Nc1ccc(Cl)cc1-c1nc2ccccc2s1. The molecule has 0 saturated heterocycles. The molecule has 2 aromatic carbocycles. The Morgan fingerprint density at radius 1 is 1.32 bits per heavy atom. The van der Waals surface area contributed by atoms with Crippen LogP contribution in [0.3, 0.4) is 0 Å². The fourth-order valence-corrected chi connectivity index (χ4v) is 3.20. The van der Waals surface area contributed by atoms with E-state index in [1.165, 1.54) is 0 Å². The lowest BCUT2D eigenvalue weighted by atomic mass is 10.1. The molecule has 0 bridgehead atoms. The van der Waals surface area contributed by atoms with Gasteiger partial charge in [-0.25, -0.2) is 4.98 Å². The molecular formula is C16H14ClN3OS. The van der Waals surface area contributed by atoms with Gasteiger partial charge in [-0.05, 0) is 37.3 Å². The molecule has 0 saturated carbocycles. The van der Waals surface area contributed by atoms with Crippen molar-refractivity contribution in [3.8, 4) is 10.6 Å². The molecule has 0 aliphatic heterocycles. The second kappa shape index (κ2) is 6.04. The zero-order valence-corrected chi connectivity index (χ0v) is 13.4. The van der Waals surface area contributed by atoms with Crippen LogP contribution in [0.4, 0.5) is 5.69 Å². The van der Waals surface area contributed by atoms with Crippen LogP contribution in [0.15, 0.2) is 42.5 Å². The van der Waals surface area contributed by atoms with Gasteiger partial charge in [-0.15, -0.1) is 11.3 Å². The van der Waals surface area contributed by atoms with Gasteiger partial charge in [-0.1, -0.05) is 23.7 Å². The molecule has 1 atom stereocenters. The summed E-state index contributed by atoms with van der Waals surface area (Å²) in [5.74, 6) is -0.246. The monoisotopic (exact) mass is 331 g/mol. The first-order valence-electron chi connectivity index (χ1n) is 6.76. The Morgan fingerprint density at radius 2 is 2.09 bits per heavy atom. The van der Waals surface area contributed by atoms with Crippen molar-refractivity contribution in [1.29, 1.82) is 0 Å². The lowest BCUT2D eigenvalue weighted by Crippen LogP contribution is -2.32. The van der Waals surface area contributed by atoms with Crippen molar-refractivity contribution in [1.82, 2.24) is 4.98 Å². The fourth-order valence-electron chi connectivity index (χ4n) is 2.04. The number of para-hydroxylation sites is 1. The highest BCUT2D eigenvalue weighted by Crippen LogP contribution is 2.36. The number of halogens is 1. The van der Waals surface area contributed by atoms with Gasteiger partial charge in [0.2, 0.25) is 5.91 Å². The maximum Gasteiger partial charge on any atom is 0.241 e. The maximum atomic E-state index is 11.9. The minimum absolute atomic E-state index is 0.246. The van der Waals surface area contributed by atoms with Gasteiger partial charge in [0.15, 0.2) is 0 Å². The quantitative estimate of drug-likeness (QED) is 0.764. The molecule has 4 nitrogen and oxygen atoms in total. The van der Waals surface area contributed by atoms with Crippen LogP contribution in [-0.4, -0.2) is 16.9 Å². The van der Waals surface area contributed by atoms with Crippen molar-refractivity contribution in [3.05, 3.63) is 47.5 Å². The summed E-state index contributed by atoms with van der Waals surface area (Å²) in [6.45, 7) is 1.64. The number of nitrogens with zero attached hydrogens (tertiary/aromatic N) is 1. The molecule has 0 aliphatic carbocycles. The summed E-state index contributed by atoms with van der Waals surface area (Å²) in [6, 6.07) is 12.6. The summed E-state index contributed by atoms with van der Waals surface area (Å²) >= 11 is 7.66. The summed E-state index contributed by atoms with van der Waals surface area (Å²) in [6.07, 6.45) is 0. The number of carbonyl (C=O) groups excluding carboxylic acids is 1. The number of nitrogens with two attached hydrogens (primary N) is 1. The molecule has 3 N–H and O–H groups in total. The van der Waals surface area contributed by atoms with E-state index >= 15 is 0 Å². The van der Waals surface area contributed by atoms with Crippen molar-refractivity contribution >= 4 is 44.7 Å². The van der Waals surface area contributed by atoms with Crippen LogP contribution in [0, 0.1) is 0 Å². The lowest BCUT2D eigenvalue weighted by molar-refractivity contribution is -0.117. The highest BCUT2D eigenvalue weighted by atomic mass is 35.5. The minimum Gasteiger partial charge on any atom is -0.324 e. The van der Waals surface area contributed by atoms with Gasteiger partial charge in [0, 0.05) is 10.6 Å². The van der Waals surface area contributed by atoms with Crippen LogP contribution in [-0.2, 0) is 4.79 Å². The first-order chi connectivity index (χ1) is 10.5. The van der Waals surface area contributed by atoms with Crippen molar-refractivity contribution in [2.75, 3.05) is 5.32 Å². The Bertz CT molecular complexity index is 811. The summed E-state index contributed by atoms with van der Waals surface area (Å²) in [5.41, 5.74) is 7.99. The molecule has 112 valence electrons. The number of nitrogens with one attached hydrogen (secondary N) is 1. The maximum absolute atomic E-state index is 11.9. The molecule has 3 aromatic rings. The Morgan fingerprint density at radius 3 is 2.82 bits per heavy atom. The van der Waals surface area contributed by atoms with Crippen molar-refractivity contribution in [2.24, 2.45) is 5.73 Å². The highest BCUT2D eigenvalue weighted by Gasteiger charge is 2.15. The highest BCUT2D eigenvalue weighted by molar-refractivity contribution is 7.21. The molecule has 1 heterocycles. The van der Waals surface area contributed by atoms with Crippen LogP contribution in [0.5, 0.6) is 0 Å². The van der Waals surface area contributed by atoms with Crippen LogP contribution in [0.1, 0.15) is 6.92 Å². The third-order valence-corrected chi connectivity index (χ3v) is 4.48. The number of anilines is 1. The minimum atomic E-state index is -0.584. The zero-order chi connectivity index (χ0) is 15.7. The van der Waals surface area contributed by atoms with Crippen LogP contribution in [0.2, 0.25) is 5.02 Å². The van der Waals surface area contributed by atoms with E-state index in [9.17, 15) is 4.79 Å². The second-order valence-corrected chi connectivity index (χ2v) is 6.42. The number of carbonyl (C=O) groups is 1. The Hall–Kier alpha value is -1.95. The van der Waals surface area contributed by atoms with Crippen molar-refractivity contribution in [3.63, 3.8) is 0 Å². The van der Waals surface area contributed by atoms with Gasteiger partial charge >= 0.3 is 0 Å². The average molecular weight is 332 g/mol. The Balaban J connectivity index is 2.08. The molecule has 0 spiro atoms. The number of rotatable bonds is 3. The van der Waals surface area contributed by atoms with Gasteiger partial charge < -0.3 is 11.1 Å². The number of hydrogen-bond acceptors (Lipinski definition) is 4. The van der Waals surface area contributed by atoms with E-state index in [1.807, 2.05) is 24.3 Å². The fraction of sp³-hybridized carbons (Fsp3) is 0.125. The first-order valence-corrected chi connectivity index (χ1v) is 7.96. The number of benzene rings is 2. The third-order valence-electron chi connectivity index (χ3n) is 3.18. The molecule has 0 aliphatic rings. The molecule has 1 aromatic heterocycles. The van der Waals surface area contributed by atoms with E-state index in [0.717, 1.165) is 20.8 Å². The number of fused-ring (bicyclic) bond motifs is 1. The molecule has 1 amide bonds. The van der Waals surface area contributed by atoms with E-state index in [2.05, 4.69) is 10.3 Å². The van der Waals surface area contributed by atoms with Gasteiger partial charge in [0.25, 0.3) is 0 Å². The van der Waals surface area contributed by atoms with Gasteiger partial charge in [0.1, 0.15) is 5.01 Å². The summed E-state index contributed by atoms with van der Waals surface area (Å²) in [5, 5.41) is 4.22. The second-order valence-electron chi connectivity index (χ2n) is 4.95. The molecular weight excluding hydrogens is 318 g/mol. The summed E-state index contributed by atoms with van der Waals surface area (Å²) in [4.78, 5) is 16.5. The van der Waals surface area contributed by atoms with E-state index in [-0.39, 0.29) is 5.91 Å². The standard InChI is InChI=1S/C16H14ClN3OS/c1-9(18)15(21)19-12-7-6-10(17)8-11(12)16-20-13-4-2-3-5-14(13)22-16/h2-9H,18H2,1H3,(H,19,21)/t9-/m0/s1. The zero-order valence-electron chi connectivity index (χ0n) is 11.8. The molecule has 3 rings (SSSR count). The predicted octanol–water partition coefficient (Wildman–Crippen LogP) is 3.90. The van der Waals surface area contributed by atoms with Crippen molar-refractivity contribution in [2.45, 2.75) is 13.0 Å². The van der Waals surface area contributed by atoms with E-state index in [0.29, 0.717) is 10.7 Å². The predicted molar refractivity (Wildman–Crippen MR) is 92.3 cm³/mol. The number of hydrogen-bond donors (Lipinski definition) is 2. The average Bonchev–Trinajstić information content (AvgIpc) is 2.92. The topological polar surface area (TPSA) is 68.0 Å². The summed E-state index contributed by atoms with van der Waals surface area (Å²) < 4.78 is 1.09. The van der Waals surface area contributed by atoms with E-state index in [4.69, 9.17) is 17.3 Å². The van der Waals surface area contributed by atoms with Gasteiger partial charge in [-0.2, -0.15) is 0 Å². The smallest absolute Gasteiger partial charge is 0.241 e. The van der Waals surface area contributed by atoms with Crippen LogP contribution in [0.25, 0.3) is 20.8 Å². The third kappa shape index (κ3) is 2.97.